The van der Waals surface area contributed by atoms with Crippen molar-refractivity contribution in [3.05, 3.63) is 17.5 Å². The van der Waals surface area contributed by atoms with Crippen LogP contribution in [-0.2, 0) is 10.8 Å². The van der Waals surface area contributed by atoms with Crippen LogP contribution in [0.5, 0.6) is 0 Å². The van der Waals surface area contributed by atoms with Gasteiger partial charge in [0.1, 0.15) is 6.26 Å². The number of nitrogens with zero attached hydrogens (tertiary/aromatic N) is 1. The van der Waals surface area contributed by atoms with Gasteiger partial charge in [0.2, 0.25) is 0 Å². The van der Waals surface area contributed by atoms with E-state index in [9.17, 15) is 0 Å². The van der Waals surface area contributed by atoms with Gasteiger partial charge in [-0.3, -0.25) is 0 Å². The molecule has 1 aromatic heterocycles. The minimum absolute atomic E-state index is 0.00259. The second-order valence-electron chi connectivity index (χ2n) is 7.20. The largest absolute Gasteiger partial charge is 0.364 e. The van der Waals surface area contributed by atoms with Gasteiger partial charge in [-0.1, -0.05) is 60.5 Å². The van der Waals surface area contributed by atoms with E-state index in [-0.39, 0.29) is 16.2 Å². The van der Waals surface area contributed by atoms with Crippen LogP contribution in [-0.4, -0.2) is 5.16 Å². The fourth-order valence-electron chi connectivity index (χ4n) is 1.57. The molecule has 92 valence electrons. The summed E-state index contributed by atoms with van der Waals surface area (Å²) in [6.45, 7) is 17.8. The summed E-state index contributed by atoms with van der Waals surface area (Å²) in [4.78, 5) is 0. The van der Waals surface area contributed by atoms with Crippen LogP contribution >= 0.6 is 0 Å². The summed E-state index contributed by atoms with van der Waals surface area (Å²) in [5.41, 5.74) is 2.55. The molecule has 0 aromatic carbocycles. The third-order valence-corrected chi connectivity index (χ3v) is 3.84. The SMILES string of the molecule is CC(C)(C)c1conc1C(C)(C)C(C)(C)C. The summed E-state index contributed by atoms with van der Waals surface area (Å²) in [6, 6.07) is 0. The van der Waals surface area contributed by atoms with Crippen molar-refractivity contribution in [2.75, 3.05) is 0 Å². The lowest BCUT2D eigenvalue weighted by Crippen LogP contribution is -2.36. The molecule has 0 aliphatic rings. The average Bonchev–Trinajstić information content (AvgIpc) is 2.47. The topological polar surface area (TPSA) is 26.0 Å². The lowest BCUT2D eigenvalue weighted by molar-refractivity contribution is 0.209. The maximum Gasteiger partial charge on any atom is 0.127 e. The van der Waals surface area contributed by atoms with E-state index in [0.29, 0.717) is 0 Å². The Kier molecular flexibility index (Phi) is 3.00. The second kappa shape index (κ2) is 3.61. The third kappa shape index (κ3) is 2.16. The van der Waals surface area contributed by atoms with Gasteiger partial charge in [-0.2, -0.15) is 0 Å². The van der Waals surface area contributed by atoms with Crippen molar-refractivity contribution < 1.29 is 4.52 Å². The van der Waals surface area contributed by atoms with Crippen LogP contribution in [0, 0.1) is 5.41 Å². The van der Waals surface area contributed by atoms with Gasteiger partial charge in [-0.05, 0) is 10.8 Å². The van der Waals surface area contributed by atoms with E-state index in [4.69, 9.17) is 4.52 Å². The van der Waals surface area contributed by atoms with Gasteiger partial charge in [-0.25, -0.2) is 0 Å². The molecule has 0 saturated heterocycles. The molecular formula is C14H25NO. The fourth-order valence-corrected chi connectivity index (χ4v) is 1.57. The smallest absolute Gasteiger partial charge is 0.127 e. The summed E-state index contributed by atoms with van der Waals surface area (Å²) in [7, 11) is 0. The minimum atomic E-state index is 0.00259. The Morgan fingerprint density at radius 1 is 0.938 bits per heavy atom. The Morgan fingerprint density at radius 3 is 1.81 bits per heavy atom. The normalized spacial score (nSPS) is 14.2. The Bertz CT molecular complexity index is 361. The van der Waals surface area contributed by atoms with Gasteiger partial charge < -0.3 is 4.52 Å². The monoisotopic (exact) mass is 223 g/mol. The van der Waals surface area contributed by atoms with Gasteiger partial charge >= 0.3 is 0 Å². The van der Waals surface area contributed by atoms with Gasteiger partial charge in [0, 0.05) is 11.0 Å². The van der Waals surface area contributed by atoms with E-state index >= 15 is 0 Å². The van der Waals surface area contributed by atoms with Crippen LogP contribution in [0.2, 0.25) is 0 Å². The fraction of sp³-hybridized carbons (Fsp3) is 0.786. The van der Waals surface area contributed by atoms with Gasteiger partial charge in [0.25, 0.3) is 0 Å². The second-order valence-corrected chi connectivity index (χ2v) is 7.20. The highest BCUT2D eigenvalue weighted by molar-refractivity contribution is 5.30. The molecule has 1 rings (SSSR count). The van der Waals surface area contributed by atoms with E-state index in [1.165, 1.54) is 5.56 Å². The van der Waals surface area contributed by atoms with Crippen molar-refractivity contribution in [3.63, 3.8) is 0 Å². The summed E-state index contributed by atoms with van der Waals surface area (Å²) in [5, 5.41) is 4.25. The van der Waals surface area contributed by atoms with Gasteiger partial charge in [0.15, 0.2) is 0 Å². The molecule has 0 N–H and O–H groups in total. The number of hydrogen-bond donors (Lipinski definition) is 0. The van der Waals surface area contributed by atoms with Crippen molar-refractivity contribution in [1.82, 2.24) is 5.16 Å². The van der Waals surface area contributed by atoms with Gasteiger partial charge in [0.05, 0.1) is 5.69 Å². The zero-order valence-electron chi connectivity index (χ0n) is 11.9. The summed E-state index contributed by atoms with van der Waals surface area (Å²) < 4.78 is 5.20. The molecule has 0 saturated carbocycles. The molecule has 1 heterocycles. The summed E-state index contributed by atoms with van der Waals surface area (Å²) in [6.07, 6.45) is 1.79. The lowest BCUT2D eigenvalue weighted by atomic mass is 9.65. The van der Waals surface area contributed by atoms with Crippen LogP contribution in [0.25, 0.3) is 0 Å². The highest BCUT2D eigenvalue weighted by Gasteiger charge is 2.40. The Morgan fingerprint density at radius 2 is 1.44 bits per heavy atom. The van der Waals surface area contributed by atoms with E-state index < -0.39 is 0 Å². The van der Waals surface area contributed by atoms with Crippen molar-refractivity contribution in [3.8, 4) is 0 Å². The highest BCUT2D eigenvalue weighted by Crippen LogP contribution is 2.43. The van der Waals surface area contributed by atoms with Crippen molar-refractivity contribution >= 4 is 0 Å². The molecule has 0 bridgehead atoms. The average molecular weight is 223 g/mol. The van der Waals surface area contributed by atoms with E-state index in [1.807, 2.05) is 0 Å². The first-order valence-corrected chi connectivity index (χ1v) is 5.93. The molecule has 16 heavy (non-hydrogen) atoms. The zero-order chi connectivity index (χ0) is 12.8. The molecule has 0 spiro atoms. The molecule has 0 aliphatic heterocycles. The number of rotatable bonds is 1. The van der Waals surface area contributed by atoms with Crippen LogP contribution in [0.3, 0.4) is 0 Å². The first kappa shape index (κ1) is 13.3. The van der Waals surface area contributed by atoms with Crippen LogP contribution < -0.4 is 0 Å². The highest BCUT2D eigenvalue weighted by atomic mass is 16.5. The van der Waals surface area contributed by atoms with Crippen molar-refractivity contribution in [1.29, 1.82) is 0 Å². The zero-order valence-corrected chi connectivity index (χ0v) is 11.9. The van der Waals surface area contributed by atoms with Crippen LogP contribution in [0.4, 0.5) is 0 Å². The third-order valence-electron chi connectivity index (χ3n) is 3.84. The van der Waals surface area contributed by atoms with Crippen molar-refractivity contribution in [2.45, 2.75) is 66.2 Å². The minimum Gasteiger partial charge on any atom is -0.364 e. The first-order valence-electron chi connectivity index (χ1n) is 5.93. The molecule has 0 unspecified atom stereocenters. The Labute approximate surface area is 99.4 Å². The predicted molar refractivity (Wildman–Crippen MR) is 67.7 cm³/mol. The van der Waals surface area contributed by atoms with E-state index in [2.05, 4.69) is 60.5 Å². The summed E-state index contributed by atoms with van der Waals surface area (Å²) >= 11 is 0. The number of hydrogen-bond acceptors (Lipinski definition) is 2. The molecule has 2 heteroatoms. The number of aromatic nitrogens is 1. The van der Waals surface area contributed by atoms with Gasteiger partial charge in [-0.15, -0.1) is 0 Å². The maximum absolute atomic E-state index is 5.20. The molecular weight excluding hydrogens is 198 g/mol. The molecule has 0 atom stereocenters. The predicted octanol–water partition coefficient (Wildman–Crippen LogP) is 4.30. The molecule has 0 fully saturated rings. The Hall–Kier alpha value is -0.790. The van der Waals surface area contributed by atoms with E-state index in [1.54, 1.807) is 6.26 Å². The molecule has 2 nitrogen and oxygen atoms in total. The summed E-state index contributed by atoms with van der Waals surface area (Å²) in [5.74, 6) is 0. The lowest BCUT2D eigenvalue weighted by Gasteiger charge is -2.39. The quantitative estimate of drug-likeness (QED) is 0.709. The van der Waals surface area contributed by atoms with Crippen molar-refractivity contribution in [2.24, 2.45) is 5.41 Å². The molecule has 0 amide bonds. The molecule has 1 aromatic rings. The first-order chi connectivity index (χ1) is 6.98. The Balaban J connectivity index is 3.31. The molecule has 0 aliphatic carbocycles. The van der Waals surface area contributed by atoms with E-state index in [0.717, 1.165) is 5.69 Å². The molecule has 0 radical (unpaired) electrons. The standard InChI is InChI=1S/C14H25NO/c1-12(2,3)10-9-16-15-11(10)14(7,8)13(4,5)6/h9H,1-8H3. The van der Waals surface area contributed by atoms with Crippen LogP contribution in [0.15, 0.2) is 10.8 Å². The van der Waals surface area contributed by atoms with Crippen LogP contribution in [0.1, 0.15) is 66.6 Å². The maximum atomic E-state index is 5.20.